The van der Waals surface area contributed by atoms with Crippen molar-refractivity contribution in [1.29, 1.82) is 0 Å². The van der Waals surface area contributed by atoms with E-state index in [4.69, 9.17) is 9.47 Å². The summed E-state index contributed by atoms with van der Waals surface area (Å²) in [5, 5.41) is 59.9. The Morgan fingerprint density at radius 2 is 1.96 bits per heavy atom. The van der Waals surface area contributed by atoms with Gasteiger partial charge in [0.05, 0.1) is 19.3 Å². The number of aliphatic hydroxyl groups is 6. The molecule has 9 nitrogen and oxygen atoms in total. The van der Waals surface area contributed by atoms with Crippen LogP contribution in [0.15, 0.2) is 23.8 Å². The molecule has 0 amide bonds. The Hall–Kier alpha value is -1.17. The van der Waals surface area contributed by atoms with Gasteiger partial charge in [-0.3, -0.25) is 4.79 Å². The third-order valence-corrected chi connectivity index (χ3v) is 5.49. The van der Waals surface area contributed by atoms with Crippen molar-refractivity contribution in [2.24, 2.45) is 5.41 Å². The first-order valence-corrected chi connectivity index (χ1v) is 9.18. The number of ketones is 1. The minimum absolute atomic E-state index is 0.0671. The Bertz CT molecular complexity index is 629. The van der Waals surface area contributed by atoms with E-state index in [9.17, 15) is 35.4 Å². The van der Waals surface area contributed by atoms with Crippen LogP contribution in [0.1, 0.15) is 27.2 Å². The molecule has 6 N–H and O–H groups in total. The van der Waals surface area contributed by atoms with Crippen molar-refractivity contribution in [3.8, 4) is 0 Å². The first-order valence-electron chi connectivity index (χ1n) is 9.18. The molecule has 0 bridgehead atoms. The molecule has 2 rings (SSSR count). The maximum Gasteiger partial charge on any atom is 0.186 e. The Morgan fingerprint density at radius 3 is 2.54 bits per heavy atom. The van der Waals surface area contributed by atoms with Gasteiger partial charge in [-0.05, 0) is 31.6 Å². The van der Waals surface area contributed by atoms with Crippen LogP contribution in [0.3, 0.4) is 0 Å². The molecule has 0 saturated carbocycles. The van der Waals surface area contributed by atoms with Gasteiger partial charge in [0, 0.05) is 11.8 Å². The molecule has 0 spiro atoms. The average molecular weight is 402 g/mol. The monoisotopic (exact) mass is 402 g/mol. The second-order valence-electron chi connectivity index (χ2n) is 7.91. The van der Waals surface area contributed by atoms with Crippen molar-refractivity contribution in [2.75, 3.05) is 13.2 Å². The van der Waals surface area contributed by atoms with Crippen LogP contribution >= 0.6 is 0 Å². The average Bonchev–Trinajstić information content (AvgIpc) is 2.62. The number of carbonyl (C=O) groups excluding carboxylic acids is 1. The molecule has 1 fully saturated rings. The highest BCUT2D eigenvalue weighted by atomic mass is 16.7. The highest BCUT2D eigenvalue weighted by Crippen LogP contribution is 2.45. The van der Waals surface area contributed by atoms with Crippen molar-refractivity contribution in [3.05, 3.63) is 23.8 Å². The summed E-state index contributed by atoms with van der Waals surface area (Å²) in [5.41, 5.74) is -2.39. The summed E-state index contributed by atoms with van der Waals surface area (Å²) in [6.07, 6.45) is -3.92. The van der Waals surface area contributed by atoms with Gasteiger partial charge in [0.15, 0.2) is 12.1 Å². The molecule has 0 aromatic heterocycles. The number of aliphatic hydroxyl groups excluding tert-OH is 5. The predicted molar refractivity (Wildman–Crippen MR) is 97.0 cm³/mol. The molecule has 8 atom stereocenters. The second-order valence-corrected chi connectivity index (χ2v) is 7.91. The van der Waals surface area contributed by atoms with Crippen LogP contribution in [0.5, 0.6) is 0 Å². The van der Waals surface area contributed by atoms with E-state index in [0.717, 1.165) is 0 Å². The lowest BCUT2D eigenvalue weighted by atomic mass is 9.63. The van der Waals surface area contributed by atoms with E-state index in [1.165, 1.54) is 25.2 Å². The van der Waals surface area contributed by atoms with E-state index in [1.807, 2.05) is 0 Å². The molecule has 9 heteroatoms. The lowest BCUT2D eigenvalue weighted by molar-refractivity contribution is -0.308. The first-order chi connectivity index (χ1) is 12.9. The van der Waals surface area contributed by atoms with Crippen LogP contribution in [-0.4, -0.2) is 92.0 Å². The number of carbonyl (C=O) groups is 1. The molecule has 2 aliphatic rings. The number of rotatable bonds is 6. The van der Waals surface area contributed by atoms with Crippen molar-refractivity contribution < 1.29 is 44.9 Å². The third-order valence-electron chi connectivity index (χ3n) is 5.49. The first kappa shape index (κ1) is 23.1. The van der Waals surface area contributed by atoms with E-state index in [0.29, 0.717) is 5.57 Å². The van der Waals surface area contributed by atoms with Crippen LogP contribution in [0.4, 0.5) is 0 Å². The van der Waals surface area contributed by atoms with E-state index >= 15 is 0 Å². The Balaban J connectivity index is 2.24. The van der Waals surface area contributed by atoms with Gasteiger partial charge < -0.3 is 40.1 Å². The topological polar surface area (TPSA) is 157 Å². The van der Waals surface area contributed by atoms with Crippen LogP contribution in [0.2, 0.25) is 0 Å². The summed E-state index contributed by atoms with van der Waals surface area (Å²) < 4.78 is 10.9. The zero-order valence-electron chi connectivity index (χ0n) is 16.2. The van der Waals surface area contributed by atoms with Crippen molar-refractivity contribution in [1.82, 2.24) is 0 Å². The van der Waals surface area contributed by atoms with Gasteiger partial charge in [-0.15, -0.1) is 0 Å². The predicted octanol–water partition coefficient (Wildman–Crippen LogP) is -1.60. The van der Waals surface area contributed by atoms with E-state index in [2.05, 4.69) is 0 Å². The van der Waals surface area contributed by atoms with Gasteiger partial charge in [-0.25, -0.2) is 0 Å². The maximum absolute atomic E-state index is 12.1. The lowest BCUT2D eigenvalue weighted by Crippen LogP contribution is -2.60. The molecule has 0 unspecified atom stereocenters. The van der Waals surface area contributed by atoms with Crippen molar-refractivity contribution in [2.45, 2.75) is 69.6 Å². The zero-order chi connectivity index (χ0) is 21.3. The summed E-state index contributed by atoms with van der Waals surface area (Å²) >= 11 is 0. The fourth-order valence-corrected chi connectivity index (χ4v) is 3.64. The molecule has 1 aliphatic carbocycles. The van der Waals surface area contributed by atoms with Gasteiger partial charge in [-0.2, -0.15) is 0 Å². The van der Waals surface area contributed by atoms with Crippen LogP contribution in [0.25, 0.3) is 0 Å². The standard InChI is InChI=1S/C19H30O9/c1-10-6-12(22)7-18(3,19(10,26)5-4-11(2)21)9-27-17-16(25)15(24)14(23)13(8-20)28-17/h4-6,11,13-17,20-21,23-26H,7-9H2,1-3H3/b5-4+/t11-,13-,14-,15+,16-,17-,18-,19-/m1/s1. The molecular weight excluding hydrogens is 372 g/mol. The minimum atomic E-state index is -1.61. The Labute approximate surface area is 163 Å². The number of hydrogen-bond donors (Lipinski definition) is 6. The van der Waals surface area contributed by atoms with Crippen LogP contribution < -0.4 is 0 Å². The van der Waals surface area contributed by atoms with Gasteiger partial charge in [0.1, 0.15) is 30.0 Å². The Morgan fingerprint density at radius 1 is 1.32 bits per heavy atom. The fourth-order valence-electron chi connectivity index (χ4n) is 3.64. The molecule has 0 radical (unpaired) electrons. The van der Waals surface area contributed by atoms with Crippen molar-refractivity contribution in [3.63, 3.8) is 0 Å². The highest BCUT2D eigenvalue weighted by molar-refractivity contribution is 5.92. The molecular formula is C19H30O9. The van der Waals surface area contributed by atoms with Gasteiger partial charge >= 0.3 is 0 Å². The van der Waals surface area contributed by atoms with Crippen LogP contribution in [0, 0.1) is 5.41 Å². The Kier molecular flexibility index (Phi) is 7.17. The lowest BCUT2D eigenvalue weighted by Gasteiger charge is -2.47. The van der Waals surface area contributed by atoms with E-state index in [-0.39, 0.29) is 18.8 Å². The molecule has 160 valence electrons. The van der Waals surface area contributed by atoms with Crippen molar-refractivity contribution >= 4 is 5.78 Å². The SMILES string of the molecule is CC1=CC(=O)C[C@](C)(CO[C@@H]2O[C@H](CO)[C@@H](O)[C@H](O)[C@H]2O)[C@@]1(O)/C=C/[C@@H](C)O. The largest absolute Gasteiger partial charge is 0.394 e. The number of ether oxygens (including phenoxy) is 2. The zero-order valence-corrected chi connectivity index (χ0v) is 16.2. The molecule has 1 heterocycles. The van der Waals surface area contributed by atoms with Gasteiger partial charge in [0.2, 0.25) is 0 Å². The molecule has 1 aliphatic heterocycles. The summed E-state index contributed by atoms with van der Waals surface area (Å²) in [6.45, 7) is 3.90. The normalized spacial score (nSPS) is 43.2. The highest BCUT2D eigenvalue weighted by Gasteiger charge is 2.52. The molecule has 0 aromatic carbocycles. The number of hydrogen-bond acceptors (Lipinski definition) is 9. The summed E-state index contributed by atoms with van der Waals surface area (Å²) in [4.78, 5) is 12.1. The minimum Gasteiger partial charge on any atom is -0.394 e. The summed E-state index contributed by atoms with van der Waals surface area (Å²) in [5.74, 6) is -0.215. The molecule has 28 heavy (non-hydrogen) atoms. The fraction of sp³-hybridized carbons (Fsp3) is 0.737. The van der Waals surface area contributed by atoms with Gasteiger partial charge in [0.25, 0.3) is 0 Å². The summed E-state index contributed by atoms with van der Waals surface area (Å²) in [6, 6.07) is 0. The summed E-state index contributed by atoms with van der Waals surface area (Å²) in [7, 11) is 0. The molecule has 0 aromatic rings. The quantitative estimate of drug-likeness (QED) is 0.288. The maximum atomic E-state index is 12.1. The molecule has 1 saturated heterocycles. The second kappa shape index (κ2) is 8.68. The van der Waals surface area contributed by atoms with E-state index in [1.54, 1.807) is 13.8 Å². The third kappa shape index (κ3) is 4.37. The smallest absolute Gasteiger partial charge is 0.186 e. The number of allylic oxidation sites excluding steroid dienone is 1. The van der Waals surface area contributed by atoms with Gasteiger partial charge in [-0.1, -0.05) is 13.0 Å². The van der Waals surface area contributed by atoms with E-state index < -0.39 is 54.4 Å². The van der Waals surface area contributed by atoms with Crippen LogP contribution in [-0.2, 0) is 14.3 Å².